The molecule has 0 amide bonds. The maximum atomic E-state index is 12.3. The van der Waals surface area contributed by atoms with Crippen LogP contribution in [0.1, 0.15) is 13.3 Å². The second-order valence-corrected chi connectivity index (χ2v) is 9.01. The molecule has 1 aliphatic rings. The number of hydrogen-bond donors (Lipinski definition) is 0. The van der Waals surface area contributed by atoms with Crippen LogP contribution in [0.25, 0.3) is 22.2 Å². The molecule has 2 aromatic carbocycles. The number of anilines is 2. The largest absolute Gasteiger partial charge is 0.497 e. The van der Waals surface area contributed by atoms with Gasteiger partial charge in [-0.3, -0.25) is 9.48 Å². The maximum absolute atomic E-state index is 12.3. The van der Waals surface area contributed by atoms with Gasteiger partial charge >= 0.3 is 5.97 Å². The molecule has 0 spiro atoms. The molecule has 4 aromatic rings. The van der Waals surface area contributed by atoms with Gasteiger partial charge in [0.15, 0.2) is 0 Å². The first-order valence-electron chi connectivity index (χ1n) is 12.1. The lowest BCUT2D eigenvalue weighted by Gasteiger charge is -2.26. The van der Waals surface area contributed by atoms with Gasteiger partial charge in [-0.25, -0.2) is 4.98 Å². The molecule has 36 heavy (non-hydrogen) atoms. The molecule has 1 unspecified atom stereocenters. The van der Waals surface area contributed by atoms with Crippen molar-refractivity contribution in [2.45, 2.75) is 13.3 Å². The SMILES string of the molecule is CCOC(=O)C1C[C@H]1CN(c1cc(OC)cc(OC)c1)c1ccc2ccc(-c3cnn(C)c3)nc2c1. The molecule has 0 aliphatic heterocycles. The summed E-state index contributed by atoms with van der Waals surface area (Å²) in [5.41, 5.74) is 4.61. The van der Waals surface area contributed by atoms with Crippen molar-refractivity contribution < 1.29 is 19.0 Å². The summed E-state index contributed by atoms with van der Waals surface area (Å²) in [4.78, 5) is 19.4. The number of nitrogens with zero attached hydrogens (tertiary/aromatic N) is 4. The van der Waals surface area contributed by atoms with Gasteiger partial charge < -0.3 is 19.1 Å². The number of methoxy groups -OCH3 is 2. The van der Waals surface area contributed by atoms with Gasteiger partial charge in [-0.05, 0) is 37.5 Å². The van der Waals surface area contributed by atoms with Gasteiger partial charge in [-0.1, -0.05) is 12.1 Å². The first-order valence-corrected chi connectivity index (χ1v) is 12.1. The number of pyridine rings is 1. The molecule has 8 nitrogen and oxygen atoms in total. The fourth-order valence-corrected chi connectivity index (χ4v) is 4.52. The third kappa shape index (κ3) is 4.84. The summed E-state index contributed by atoms with van der Waals surface area (Å²) in [5, 5.41) is 5.32. The number of carbonyl (C=O) groups excluding carboxylic acids is 1. The van der Waals surface area contributed by atoms with E-state index in [4.69, 9.17) is 19.2 Å². The molecule has 1 saturated carbocycles. The van der Waals surface area contributed by atoms with E-state index < -0.39 is 0 Å². The van der Waals surface area contributed by atoms with Crippen molar-refractivity contribution in [1.29, 1.82) is 0 Å². The number of rotatable bonds is 9. The van der Waals surface area contributed by atoms with Crippen molar-refractivity contribution in [3.05, 3.63) is 60.9 Å². The highest BCUT2D eigenvalue weighted by Crippen LogP contribution is 2.43. The molecular weight excluding hydrogens is 456 g/mol. The molecule has 5 rings (SSSR count). The monoisotopic (exact) mass is 486 g/mol. The summed E-state index contributed by atoms with van der Waals surface area (Å²) in [7, 11) is 5.17. The molecule has 0 radical (unpaired) electrons. The lowest BCUT2D eigenvalue weighted by atomic mass is 10.1. The second kappa shape index (κ2) is 9.89. The molecule has 186 valence electrons. The number of aryl methyl sites for hydroxylation is 1. The van der Waals surface area contributed by atoms with Crippen molar-refractivity contribution in [3.8, 4) is 22.8 Å². The summed E-state index contributed by atoms with van der Waals surface area (Å²) in [6.45, 7) is 2.90. The minimum atomic E-state index is -0.119. The van der Waals surface area contributed by atoms with Crippen molar-refractivity contribution in [1.82, 2.24) is 14.8 Å². The zero-order chi connectivity index (χ0) is 25.2. The van der Waals surface area contributed by atoms with Crippen LogP contribution in [0.5, 0.6) is 11.5 Å². The van der Waals surface area contributed by atoms with Gasteiger partial charge in [0, 0.05) is 60.3 Å². The Balaban J connectivity index is 1.54. The van der Waals surface area contributed by atoms with E-state index >= 15 is 0 Å². The molecule has 0 saturated heterocycles. The fourth-order valence-electron chi connectivity index (χ4n) is 4.52. The predicted molar refractivity (Wildman–Crippen MR) is 139 cm³/mol. The Morgan fingerprint density at radius 2 is 1.81 bits per heavy atom. The molecule has 8 heteroatoms. The van der Waals surface area contributed by atoms with Gasteiger partial charge in [-0.15, -0.1) is 0 Å². The van der Waals surface area contributed by atoms with Crippen LogP contribution < -0.4 is 14.4 Å². The van der Waals surface area contributed by atoms with Crippen LogP contribution in [-0.2, 0) is 16.6 Å². The Morgan fingerprint density at radius 3 is 2.47 bits per heavy atom. The second-order valence-electron chi connectivity index (χ2n) is 9.01. The first kappa shape index (κ1) is 23.7. The molecule has 2 atom stereocenters. The standard InChI is InChI=1S/C28H30N4O4/c1-5-36-28(33)25-10-19(25)17-32(22-11-23(34-3)14-24(12-22)35-4)21-8-6-18-7-9-26(30-27(18)13-21)20-15-29-31(2)16-20/h6-9,11-16,19,25H,5,10,17H2,1-4H3/t19-,25?/m0/s1. The number of fused-ring (bicyclic) bond motifs is 1. The maximum Gasteiger partial charge on any atom is 0.309 e. The van der Waals surface area contributed by atoms with E-state index in [-0.39, 0.29) is 17.8 Å². The van der Waals surface area contributed by atoms with Crippen LogP contribution in [-0.4, -0.2) is 48.1 Å². The van der Waals surface area contributed by atoms with Gasteiger partial charge in [0.2, 0.25) is 0 Å². The van der Waals surface area contributed by atoms with Crippen LogP contribution in [0.15, 0.2) is 60.9 Å². The summed E-state index contributed by atoms with van der Waals surface area (Å²) < 4.78 is 18.1. The Hall–Kier alpha value is -4.07. The van der Waals surface area contributed by atoms with E-state index in [1.165, 1.54) is 0 Å². The number of hydrogen-bond acceptors (Lipinski definition) is 7. The van der Waals surface area contributed by atoms with Crippen molar-refractivity contribution in [2.24, 2.45) is 18.9 Å². The van der Waals surface area contributed by atoms with Crippen LogP contribution in [0.2, 0.25) is 0 Å². The number of esters is 1. The van der Waals surface area contributed by atoms with Crippen LogP contribution in [0, 0.1) is 11.8 Å². The van der Waals surface area contributed by atoms with Crippen molar-refractivity contribution >= 4 is 28.2 Å². The van der Waals surface area contributed by atoms with Gasteiger partial charge in [0.05, 0.1) is 44.2 Å². The highest BCUT2D eigenvalue weighted by molar-refractivity contribution is 5.86. The molecule has 0 N–H and O–H groups in total. The quantitative estimate of drug-likeness (QED) is 0.308. The van der Waals surface area contributed by atoms with Crippen molar-refractivity contribution in [2.75, 3.05) is 32.3 Å². The number of benzene rings is 2. The van der Waals surface area contributed by atoms with E-state index in [1.807, 2.05) is 50.6 Å². The van der Waals surface area contributed by atoms with Crippen LogP contribution in [0.3, 0.4) is 0 Å². The molecule has 0 bridgehead atoms. The molecule has 2 aromatic heterocycles. The van der Waals surface area contributed by atoms with E-state index in [2.05, 4.69) is 34.3 Å². The van der Waals surface area contributed by atoms with Gasteiger partial charge in [-0.2, -0.15) is 5.10 Å². The number of ether oxygens (including phenoxy) is 3. The van der Waals surface area contributed by atoms with Crippen LogP contribution in [0.4, 0.5) is 11.4 Å². The highest BCUT2D eigenvalue weighted by atomic mass is 16.5. The minimum Gasteiger partial charge on any atom is -0.497 e. The molecule has 2 heterocycles. The zero-order valence-corrected chi connectivity index (χ0v) is 21.0. The average molecular weight is 487 g/mol. The van der Waals surface area contributed by atoms with E-state index in [1.54, 1.807) is 18.9 Å². The fraction of sp³-hybridized carbons (Fsp3) is 0.321. The average Bonchev–Trinajstić information content (AvgIpc) is 3.55. The highest BCUT2D eigenvalue weighted by Gasteiger charge is 2.45. The Labute approximate surface area is 210 Å². The third-order valence-electron chi connectivity index (χ3n) is 6.56. The van der Waals surface area contributed by atoms with E-state index in [0.717, 1.165) is 40.0 Å². The summed E-state index contributed by atoms with van der Waals surface area (Å²) in [6.07, 6.45) is 4.58. The summed E-state index contributed by atoms with van der Waals surface area (Å²) >= 11 is 0. The zero-order valence-electron chi connectivity index (χ0n) is 21.0. The predicted octanol–water partition coefficient (Wildman–Crippen LogP) is 4.99. The first-order chi connectivity index (χ1) is 17.5. The normalized spacial score (nSPS) is 16.6. The Morgan fingerprint density at radius 1 is 1.06 bits per heavy atom. The number of carbonyl (C=O) groups is 1. The minimum absolute atomic E-state index is 0.0734. The molecule has 1 fully saturated rings. The van der Waals surface area contributed by atoms with Crippen LogP contribution >= 0.6 is 0 Å². The lowest BCUT2D eigenvalue weighted by molar-refractivity contribution is -0.145. The topological polar surface area (TPSA) is 78.7 Å². The summed E-state index contributed by atoms with van der Waals surface area (Å²) in [5.74, 6) is 1.41. The number of aromatic nitrogens is 3. The lowest BCUT2D eigenvalue weighted by Crippen LogP contribution is -2.22. The van der Waals surface area contributed by atoms with Gasteiger partial charge in [0.1, 0.15) is 11.5 Å². The smallest absolute Gasteiger partial charge is 0.309 e. The van der Waals surface area contributed by atoms with E-state index in [0.29, 0.717) is 24.7 Å². The molecule has 1 aliphatic carbocycles. The third-order valence-corrected chi connectivity index (χ3v) is 6.56. The Kier molecular flexibility index (Phi) is 6.50. The van der Waals surface area contributed by atoms with Crippen molar-refractivity contribution in [3.63, 3.8) is 0 Å². The van der Waals surface area contributed by atoms with Gasteiger partial charge in [0.25, 0.3) is 0 Å². The molecular formula is C28H30N4O4. The van der Waals surface area contributed by atoms with E-state index in [9.17, 15) is 4.79 Å². The summed E-state index contributed by atoms with van der Waals surface area (Å²) in [6, 6.07) is 16.1. The Bertz CT molecular complexity index is 1380.